The van der Waals surface area contributed by atoms with Gasteiger partial charge in [-0.2, -0.15) is 0 Å². The van der Waals surface area contributed by atoms with Crippen molar-refractivity contribution in [2.45, 2.75) is 37.0 Å². The Morgan fingerprint density at radius 1 is 1.22 bits per heavy atom. The van der Waals surface area contributed by atoms with E-state index in [4.69, 9.17) is 4.74 Å². The fraction of sp³-hybridized carbons (Fsp3) is 0.526. The summed E-state index contributed by atoms with van der Waals surface area (Å²) in [5.41, 5.74) is 1.81. The topological polar surface area (TPSA) is 95.9 Å². The van der Waals surface area contributed by atoms with Crippen LogP contribution in [-0.2, 0) is 14.8 Å². The molecule has 7 nitrogen and oxygen atoms in total. The number of nitrogens with zero attached hydrogens (tertiary/aromatic N) is 1. The van der Waals surface area contributed by atoms with Crippen molar-refractivity contribution >= 4 is 21.7 Å². The van der Waals surface area contributed by atoms with Gasteiger partial charge in [-0.25, -0.2) is 17.9 Å². The maximum atomic E-state index is 12.6. The molecule has 2 N–H and O–H groups in total. The predicted molar refractivity (Wildman–Crippen MR) is 103 cm³/mol. The minimum atomic E-state index is -3.75. The number of hydrogen-bond acceptors (Lipinski definition) is 5. The van der Waals surface area contributed by atoms with E-state index in [1.54, 1.807) is 6.07 Å². The van der Waals surface area contributed by atoms with Crippen LogP contribution in [-0.4, -0.2) is 52.3 Å². The monoisotopic (exact) mass is 394 g/mol. The van der Waals surface area contributed by atoms with Gasteiger partial charge in [0.1, 0.15) is 0 Å². The van der Waals surface area contributed by atoms with Crippen molar-refractivity contribution in [3.63, 3.8) is 0 Å². The van der Waals surface area contributed by atoms with E-state index in [-0.39, 0.29) is 10.5 Å². The number of aromatic carboxylic acids is 1. The highest BCUT2D eigenvalue weighted by Crippen LogP contribution is 2.25. The van der Waals surface area contributed by atoms with Crippen LogP contribution in [0.1, 0.15) is 42.5 Å². The standard InChI is InChI=1S/C19H26N2O5S/c22-19(23)17-14-16(6-7-18(17)21-10-12-26-13-11-21)27(24,25)20-9-8-15-4-2-1-3-5-15/h4,6-7,14,20H,1-3,5,8-13H2,(H,22,23). The summed E-state index contributed by atoms with van der Waals surface area (Å²) >= 11 is 0. The third-order valence-electron chi connectivity index (χ3n) is 4.98. The molecule has 0 unspecified atom stereocenters. The molecule has 1 aromatic carbocycles. The van der Waals surface area contributed by atoms with E-state index < -0.39 is 16.0 Å². The van der Waals surface area contributed by atoms with Gasteiger partial charge in [0.2, 0.25) is 10.0 Å². The fourth-order valence-corrected chi connectivity index (χ4v) is 4.55. The van der Waals surface area contributed by atoms with Crippen molar-refractivity contribution in [1.82, 2.24) is 4.72 Å². The normalized spacial score (nSPS) is 18.2. The van der Waals surface area contributed by atoms with Crippen LogP contribution in [0.4, 0.5) is 5.69 Å². The SMILES string of the molecule is O=C(O)c1cc(S(=O)(=O)NCCC2=CCCCC2)ccc1N1CCOCC1. The molecule has 8 heteroatoms. The summed E-state index contributed by atoms with van der Waals surface area (Å²) in [6.45, 7) is 2.54. The number of hydrogen-bond donors (Lipinski definition) is 2. The van der Waals surface area contributed by atoms with E-state index in [0.717, 1.165) is 19.3 Å². The second-order valence-electron chi connectivity index (χ2n) is 6.84. The molecule has 0 radical (unpaired) electrons. The first kappa shape index (κ1) is 19.9. The average Bonchev–Trinajstić information content (AvgIpc) is 2.69. The van der Waals surface area contributed by atoms with Crippen LogP contribution in [0.3, 0.4) is 0 Å². The van der Waals surface area contributed by atoms with Crippen molar-refractivity contribution in [3.8, 4) is 0 Å². The van der Waals surface area contributed by atoms with E-state index >= 15 is 0 Å². The number of benzene rings is 1. The van der Waals surface area contributed by atoms with Crippen molar-refractivity contribution in [1.29, 1.82) is 0 Å². The second-order valence-corrected chi connectivity index (χ2v) is 8.61. The smallest absolute Gasteiger partial charge is 0.337 e. The summed E-state index contributed by atoms with van der Waals surface area (Å²) in [7, 11) is -3.75. The molecule has 1 fully saturated rings. The molecule has 0 bridgehead atoms. The van der Waals surface area contributed by atoms with Gasteiger partial charge in [0.15, 0.2) is 0 Å². The van der Waals surface area contributed by atoms with E-state index in [9.17, 15) is 18.3 Å². The Hall–Kier alpha value is -1.90. The Balaban J connectivity index is 1.73. The summed E-state index contributed by atoms with van der Waals surface area (Å²) in [5, 5.41) is 9.55. The van der Waals surface area contributed by atoms with Gasteiger partial charge in [-0.3, -0.25) is 0 Å². The first-order valence-electron chi connectivity index (χ1n) is 9.35. The lowest BCUT2D eigenvalue weighted by molar-refractivity contribution is 0.0696. The molecule has 0 amide bonds. The van der Waals surface area contributed by atoms with Gasteiger partial charge in [0, 0.05) is 19.6 Å². The number of anilines is 1. The molecule has 1 heterocycles. The first-order chi connectivity index (χ1) is 13.0. The molecule has 0 atom stereocenters. The molecule has 2 aliphatic rings. The molecule has 1 aromatic rings. The Morgan fingerprint density at radius 3 is 2.67 bits per heavy atom. The van der Waals surface area contributed by atoms with Gasteiger partial charge in [0.05, 0.1) is 29.4 Å². The molecule has 148 valence electrons. The highest BCUT2D eigenvalue weighted by Gasteiger charge is 2.22. The number of rotatable bonds is 7. The van der Waals surface area contributed by atoms with E-state index in [1.165, 1.54) is 24.1 Å². The number of morpholine rings is 1. The number of sulfonamides is 1. The number of ether oxygens (including phenoxy) is 1. The maximum Gasteiger partial charge on any atom is 0.337 e. The van der Waals surface area contributed by atoms with Crippen LogP contribution in [0.25, 0.3) is 0 Å². The van der Waals surface area contributed by atoms with Crippen LogP contribution in [0.15, 0.2) is 34.7 Å². The molecule has 1 aliphatic carbocycles. The lowest BCUT2D eigenvalue weighted by Crippen LogP contribution is -2.37. The predicted octanol–water partition coefficient (Wildman–Crippen LogP) is 2.39. The minimum Gasteiger partial charge on any atom is -0.478 e. The highest BCUT2D eigenvalue weighted by atomic mass is 32.2. The molecule has 1 saturated heterocycles. The average molecular weight is 394 g/mol. The Kier molecular flexibility index (Phi) is 6.51. The number of nitrogens with one attached hydrogen (secondary N) is 1. The fourth-order valence-electron chi connectivity index (χ4n) is 3.49. The summed E-state index contributed by atoms with van der Waals surface area (Å²) in [4.78, 5) is 13.6. The van der Waals surface area contributed by atoms with Crippen LogP contribution in [0.5, 0.6) is 0 Å². The zero-order chi connectivity index (χ0) is 19.3. The number of carbonyl (C=O) groups is 1. The van der Waals surface area contributed by atoms with Crippen LogP contribution < -0.4 is 9.62 Å². The molecule has 0 saturated carbocycles. The number of carboxylic acid groups (broad SMARTS) is 1. The molecule has 0 spiro atoms. The van der Waals surface area contributed by atoms with Gasteiger partial charge in [-0.15, -0.1) is 0 Å². The largest absolute Gasteiger partial charge is 0.478 e. The maximum absolute atomic E-state index is 12.6. The molecule has 1 aliphatic heterocycles. The first-order valence-corrected chi connectivity index (χ1v) is 10.8. The van der Waals surface area contributed by atoms with E-state index in [0.29, 0.717) is 45.0 Å². The number of allylic oxidation sites excluding steroid dienone is 1. The highest BCUT2D eigenvalue weighted by molar-refractivity contribution is 7.89. The van der Waals surface area contributed by atoms with Crippen LogP contribution >= 0.6 is 0 Å². The Bertz CT molecular complexity index is 813. The van der Waals surface area contributed by atoms with Crippen LogP contribution in [0.2, 0.25) is 0 Å². The lowest BCUT2D eigenvalue weighted by Gasteiger charge is -2.30. The van der Waals surface area contributed by atoms with Crippen molar-refractivity contribution in [2.24, 2.45) is 0 Å². The quantitative estimate of drug-likeness (QED) is 0.690. The van der Waals surface area contributed by atoms with Crippen molar-refractivity contribution < 1.29 is 23.1 Å². The zero-order valence-corrected chi connectivity index (χ0v) is 16.1. The summed E-state index contributed by atoms with van der Waals surface area (Å²) < 4.78 is 33.0. The molecule has 3 rings (SSSR count). The van der Waals surface area contributed by atoms with Crippen molar-refractivity contribution in [3.05, 3.63) is 35.4 Å². The molecular weight excluding hydrogens is 368 g/mol. The van der Waals surface area contributed by atoms with Gasteiger partial charge >= 0.3 is 5.97 Å². The van der Waals surface area contributed by atoms with Gasteiger partial charge < -0.3 is 14.7 Å². The lowest BCUT2D eigenvalue weighted by atomic mass is 9.97. The van der Waals surface area contributed by atoms with E-state index in [1.807, 2.05) is 4.90 Å². The van der Waals surface area contributed by atoms with Gasteiger partial charge in [-0.1, -0.05) is 11.6 Å². The third kappa shape index (κ3) is 5.09. The van der Waals surface area contributed by atoms with Crippen molar-refractivity contribution in [2.75, 3.05) is 37.7 Å². The second kappa shape index (κ2) is 8.86. The summed E-state index contributed by atoms with van der Waals surface area (Å²) in [6.07, 6.45) is 7.33. The van der Waals surface area contributed by atoms with E-state index in [2.05, 4.69) is 10.8 Å². The Labute approximate surface area is 160 Å². The van der Waals surface area contributed by atoms with Crippen LogP contribution in [0, 0.1) is 0 Å². The number of carboxylic acids is 1. The molecular formula is C19H26N2O5S. The molecule has 27 heavy (non-hydrogen) atoms. The Morgan fingerprint density at radius 2 is 2.00 bits per heavy atom. The summed E-state index contributed by atoms with van der Waals surface area (Å²) in [6, 6.07) is 4.29. The summed E-state index contributed by atoms with van der Waals surface area (Å²) in [5.74, 6) is -1.14. The third-order valence-corrected chi connectivity index (χ3v) is 6.44. The molecule has 0 aromatic heterocycles. The minimum absolute atomic E-state index is 0.00485. The zero-order valence-electron chi connectivity index (χ0n) is 15.3. The van der Waals surface area contributed by atoms with Gasteiger partial charge in [0.25, 0.3) is 0 Å². The van der Waals surface area contributed by atoms with Gasteiger partial charge in [-0.05, 0) is 50.3 Å².